The molecule has 6 nitrogen and oxygen atoms in total. The fourth-order valence-electron chi connectivity index (χ4n) is 2.16. The van der Waals surface area contributed by atoms with Crippen LogP contribution in [-0.2, 0) is 13.0 Å². The summed E-state index contributed by atoms with van der Waals surface area (Å²) in [6.45, 7) is 1.15. The van der Waals surface area contributed by atoms with Gasteiger partial charge >= 0.3 is 0 Å². The third-order valence-electron chi connectivity index (χ3n) is 3.15. The van der Waals surface area contributed by atoms with E-state index >= 15 is 0 Å². The van der Waals surface area contributed by atoms with E-state index in [9.17, 15) is 9.59 Å². The predicted molar refractivity (Wildman–Crippen MR) is 67.5 cm³/mol. The quantitative estimate of drug-likeness (QED) is 0.799. The van der Waals surface area contributed by atoms with Gasteiger partial charge in [-0.05, 0) is 17.7 Å². The van der Waals surface area contributed by atoms with Crippen LogP contribution in [0.15, 0.2) is 35.3 Å². The number of amides is 1. The second-order valence-electron chi connectivity index (χ2n) is 4.39. The molecule has 0 radical (unpaired) electrons. The van der Waals surface area contributed by atoms with Gasteiger partial charge in [-0.25, -0.2) is 5.10 Å². The zero-order valence-electron chi connectivity index (χ0n) is 10.2. The first-order chi connectivity index (χ1) is 9.24. The fraction of sp³-hybridized carbons (Fsp3) is 0.231. The van der Waals surface area contributed by atoms with Crippen LogP contribution in [0.3, 0.4) is 0 Å². The summed E-state index contributed by atoms with van der Waals surface area (Å²) in [6.07, 6.45) is 2.51. The van der Waals surface area contributed by atoms with Gasteiger partial charge in [0.1, 0.15) is 5.69 Å². The Morgan fingerprint density at radius 3 is 3.00 bits per heavy atom. The Hall–Kier alpha value is -2.50. The number of nitrogens with zero attached hydrogens (tertiary/aromatic N) is 3. The number of hydrogen-bond acceptors (Lipinski definition) is 4. The van der Waals surface area contributed by atoms with Gasteiger partial charge < -0.3 is 4.90 Å². The lowest BCUT2D eigenvalue weighted by Gasteiger charge is -2.27. The van der Waals surface area contributed by atoms with Gasteiger partial charge in [0.05, 0.1) is 0 Å². The van der Waals surface area contributed by atoms with Crippen LogP contribution in [0.1, 0.15) is 21.7 Å². The van der Waals surface area contributed by atoms with Crippen molar-refractivity contribution in [2.45, 2.75) is 13.0 Å². The average molecular weight is 256 g/mol. The molecular weight excluding hydrogens is 244 g/mol. The molecule has 1 amide bonds. The topological polar surface area (TPSA) is 79.0 Å². The lowest BCUT2D eigenvalue weighted by atomic mass is 10.1. The van der Waals surface area contributed by atoms with E-state index in [0.717, 1.165) is 17.7 Å². The molecular formula is C13H12N4O2. The average Bonchev–Trinajstić information content (AvgIpc) is 2.47. The number of H-pyrrole nitrogens is 1. The van der Waals surface area contributed by atoms with Crippen LogP contribution in [-0.4, -0.2) is 32.5 Å². The molecule has 0 aromatic carbocycles. The van der Waals surface area contributed by atoms with E-state index in [4.69, 9.17) is 0 Å². The van der Waals surface area contributed by atoms with Crippen LogP contribution in [0.2, 0.25) is 0 Å². The first-order valence-electron chi connectivity index (χ1n) is 6.02. The van der Waals surface area contributed by atoms with Crippen LogP contribution < -0.4 is 5.56 Å². The molecule has 96 valence electrons. The van der Waals surface area contributed by atoms with Gasteiger partial charge in [-0.15, -0.1) is 0 Å². The molecule has 6 heteroatoms. The zero-order valence-corrected chi connectivity index (χ0v) is 10.2. The molecule has 0 unspecified atom stereocenters. The highest BCUT2D eigenvalue weighted by Gasteiger charge is 2.23. The minimum absolute atomic E-state index is 0.175. The van der Waals surface area contributed by atoms with E-state index < -0.39 is 0 Å². The lowest BCUT2D eigenvalue weighted by Crippen LogP contribution is -2.37. The first kappa shape index (κ1) is 11.6. The second kappa shape index (κ2) is 4.64. The number of fused-ring (bicyclic) bond motifs is 1. The van der Waals surface area contributed by atoms with Crippen molar-refractivity contribution in [1.82, 2.24) is 20.1 Å². The second-order valence-corrected chi connectivity index (χ2v) is 4.39. The van der Waals surface area contributed by atoms with E-state index in [0.29, 0.717) is 13.1 Å². The Balaban J connectivity index is 1.83. The molecule has 0 atom stereocenters. The largest absolute Gasteiger partial charge is 0.332 e. The van der Waals surface area contributed by atoms with Crippen molar-refractivity contribution in [2.24, 2.45) is 0 Å². The number of rotatable bonds is 1. The Morgan fingerprint density at radius 2 is 2.21 bits per heavy atom. The molecule has 1 aliphatic rings. The Bertz CT molecular complexity index is 660. The van der Waals surface area contributed by atoms with Crippen LogP contribution in [0.5, 0.6) is 0 Å². The third kappa shape index (κ3) is 2.24. The molecule has 19 heavy (non-hydrogen) atoms. The summed E-state index contributed by atoms with van der Waals surface area (Å²) in [5.74, 6) is -0.175. The highest BCUT2D eigenvalue weighted by Crippen LogP contribution is 2.17. The van der Waals surface area contributed by atoms with Crippen LogP contribution >= 0.6 is 0 Å². The summed E-state index contributed by atoms with van der Waals surface area (Å²) in [6, 6.07) is 6.59. The smallest absolute Gasteiger partial charge is 0.274 e. The van der Waals surface area contributed by atoms with Gasteiger partial charge in [0.2, 0.25) is 0 Å². The SMILES string of the molecule is O=C(c1ccc(=O)[nH]n1)N1CCc2ncccc2C1. The van der Waals surface area contributed by atoms with Crippen molar-refractivity contribution in [3.8, 4) is 0 Å². The number of aromatic nitrogens is 3. The number of carbonyl (C=O) groups is 1. The number of carbonyl (C=O) groups excluding carboxylic acids is 1. The lowest BCUT2D eigenvalue weighted by molar-refractivity contribution is 0.0726. The summed E-state index contributed by atoms with van der Waals surface area (Å²) < 4.78 is 0. The van der Waals surface area contributed by atoms with Crippen molar-refractivity contribution in [3.05, 3.63) is 57.8 Å². The molecule has 3 rings (SSSR count). The molecule has 0 bridgehead atoms. The van der Waals surface area contributed by atoms with Crippen LogP contribution in [0, 0.1) is 0 Å². The maximum atomic E-state index is 12.2. The monoisotopic (exact) mass is 256 g/mol. The summed E-state index contributed by atoms with van der Waals surface area (Å²) >= 11 is 0. The highest BCUT2D eigenvalue weighted by atomic mass is 16.2. The van der Waals surface area contributed by atoms with Gasteiger partial charge in [-0.1, -0.05) is 6.07 Å². The fourth-order valence-corrected chi connectivity index (χ4v) is 2.16. The summed E-state index contributed by atoms with van der Waals surface area (Å²) in [5, 5.41) is 6.04. The van der Waals surface area contributed by atoms with Gasteiger partial charge in [-0.3, -0.25) is 14.6 Å². The maximum Gasteiger partial charge on any atom is 0.274 e. The van der Waals surface area contributed by atoms with E-state index in [1.54, 1.807) is 11.1 Å². The van der Waals surface area contributed by atoms with Gasteiger partial charge in [0.15, 0.2) is 0 Å². The van der Waals surface area contributed by atoms with Gasteiger partial charge in [-0.2, -0.15) is 5.10 Å². The number of nitrogens with one attached hydrogen (secondary N) is 1. The number of pyridine rings is 1. The Kier molecular flexibility index (Phi) is 2.83. The molecule has 2 aromatic rings. The highest BCUT2D eigenvalue weighted by molar-refractivity contribution is 5.92. The normalized spacial score (nSPS) is 14.0. The number of hydrogen-bond donors (Lipinski definition) is 1. The van der Waals surface area contributed by atoms with Crippen molar-refractivity contribution in [1.29, 1.82) is 0 Å². The summed E-state index contributed by atoms with van der Waals surface area (Å²) in [4.78, 5) is 29.2. The minimum atomic E-state index is -0.315. The van der Waals surface area contributed by atoms with E-state index in [-0.39, 0.29) is 17.2 Å². The first-order valence-corrected chi connectivity index (χ1v) is 6.02. The van der Waals surface area contributed by atoms with Gasteiger partial charge in [0.25, 0.3) is 11.5 Å². The van der Waals surface area contributed by atoms with E-state index in [2.05, 4.69) is 15.2 Å². The molecule has 0 spiro atoms. The van der Waals surface area contributed by atoms with Crippen molar-refractivity contribution in [2.75, 3.05) is 6.54 Å². The van der Waals surface area contributed by atoms with Crippen LogP contribution in [0.4, 0.5) is 0 Å². The molecule has 0 aliphatic carbocycles. The Morgan fingerprint density at radius 1 is 1.32 bits per heavy atom. The predicted octanol–water partition coefficient (Wildman–Crippen LogP) is 0.363. The van der Waals surface area contributed by atoms with Crippen molar-refractivity contribution in [3.63, 3.8) is 0 Å². The molecule has 3 heterocycles. The van der Waals surface area contributed by atoms with Crippen molar-refractivity contribution >= 4 is 5.91 Å². The van der Waals surface area contributed by atoms with E-state index in [1.807, 2.05) is 12.1 Å². The molecule has 0 saturated heterocycles. The molecule has 0 fully saturated rings. The number of aromatic amines is 1. The molecule has 1 N–H and O–H groups in total. The summed E-state index contributed by atoms with van der Waals surface area (Å²) in [7, 11) is 0. The molecule has 0 saturated carbocycles. The standard InChI is InChI=1S/C13H12N4O2/c18-12-4-3-11(15-16-12)13(19)17-7-5-10-9(8-17)2-1-6-14-10/h1-4,6H,5,7-8H2,(H,16,18). The van der Waals surface area contributed by atoms with Crippen LogP contribution in [0.25, 0.3) is 0 Å². The summed E-state index contributed by atoms with van der Waals surface area (Å²) in [5.41, 5.74) is 2.05. The maximum absolute atomic E-state index is 12.2. The van der Waals surface area contributed by atoms with Gasteiger partial charge in [0, 0.05) is 37.5 Å². The zero-order chi connectivity index (χ0) is 13.2. The van der Waals surface area contributed by atoms with Crippen molar-refractivity contribution < 1.29 is 4.79 Å². The molecule has 2 aromatic heterocycles. The molecule has 1 aliphatic heterocycles. The minimum Gasteiger partial charge on any atom is -0.332 e. The van der Waals surface area contributed by atoms with E-state index in [1.165, 1.54) is 12.1 Å². The third-order valence-corrected chi connectivity index (χ3v) is 3.15. The Labute approximate surface area is 109 Å².